The zero-order valence-corrected chi connectivity index (χ0v) is 8.33. The van der Waals surface area contributed by atoms with Crippen molar-refractivity contribution in [2.75, 3.05) is 14.1 Å². The summed E-state index contributed by atoms with van der Waals surface area (Å²) in [7, 11) is 3.59. The minimum atomic E-state index is -0.834. The van der Waals surface area contributed by atoms with Gasteiger partial charge in [0.2, 0.25) is 0 Å². The highest BCUT2D eigenvalue weighted by atomic mass is 32.2. The van der Waals surface area contributed by atoms with Crippen molar-refractivity contribution in [3.63, 3.8) is 0 Å². The van der Waals surface area contributed by atoms with Crippen LogP contribution in [0.3, 0.4) is 0 Å². The molecule has 5 heteroatoms. The van der Waals surface area contributed by atoms with E-state index in [2.05, 4.69) is 0 Å². The fourth-order valence-corrected chi connectivity index (χ4v) is 1.35. The average molecular weight is 193 g/mol. The fourth-order valence-electron chi connectivity index (χ4n) is 0.307. The number of rotatable bonds is 2. The summed E-state index contributed by atoms with van der Waals surface area (Å²) in [5.41, 5.74) is 0. The zero-order chi connectivity index (χ0) is 9.02. The van der Waals surface area contributed by atoms with Crippen molar-refractivity contribution in [3.8, 4) is 0 Å². The van der Waals surface area contributed by atoms with Gasteiger partial charge < -0.3 is 10.0 Å². The third-order valence-electron chi connectivity index (χ3n) is 0.991. The van der Waals surface area contributed by atoms with Gasteiger partial charge in [-0.2, -0.15) is 0 Å². The molecule has 64 valence electrons. The molecule has 0 radical (unpaired) electrons. The van der Waals surface area contributed by atoms with Crippen molar-refractivity contribution >= 4 is 34.3 Å². The van der Waals surface area contributed by atoms with Crippen molar-refractivity contribution in [2.24, 2.45) is 0 Å². The minimum Gasteiger partial charge on any atom is -0.480 e. The average Bonchev–Trinajstić information content (AvgIpc) is 1.87. The molecule has 0 aromatic carbocycles. The number of carboxylic acids is 1. The smallest absolute Gasteiger partial charge is 0.316 e. The van der Waals surface area contributed by atoms with Crippen LogP contribution in [-0.2, 0) is 4.79 Å². The first kappa shape index (κ1) is 10.7. The number of aliphatic carboxylic acids is 1. The monoisotopic (exact) mass is 193 g/mol. The second-order valence-corrected chi connectivity index (χ2v) is 4.23. The Balaban J connectivity index is 3.85. The van der Waals surface area contributed by atoms with Crippen LogP contribution in [0.4, 0.5) is 0 Å². The van der Waals surface area contributed by atoms with Crippen LogP contribution < -0.4 is 0 Å². The van der Waals surface area contributed by atoms with E-state index in [1.165, 1.54) is 11.8 Å². The van der Waals surface area contributed by atoms with E-state index in [1.807, 2.05) is 0 Å². The third kappa shape index (κ3) is 4.21. The first-order valence-electron chi connectivity index (χ1n) is 3.06. The molecule has 0 amide bonds. The highest BCUT2D eigenvalue weighted by molar-refractivity contribution is 8.23. The largest absolute Gasteiger partial charge is 0.480 e. The number of carboxylic acid groups (broad SMARTS) is 1. The molecule has 0 saturated carbocycles. The van der Waals surface area contributed by atoms with E-state index in [4.69, 9.17) is 17.3 Å². The Labute approximate surface area is 75.8 Å². The molecular formula is C6H11NO2S2. The van der Waals surface area contributed by atoms with Crippen LogP contribution in [0.25, 0.3) is 0 Å². The highest BCUT2D eigenvalue weighted by Crippen LogP contribution is 2.13. The van der Waals surface area contributed by atoms with Gasteiger partial charge in [-0.15, -0.1) is 0 Å². The normalized spacial score (nSPS) is 12.3. The first-order chi connectivity index (χ1) is 4.95. The van der Waals surface area contributed by atoms with Crippen molar-refractivity contribution in [2.45, 2.75) is 12.2 Å². The number of nitrogens with zero attached hydrogens (tertiary/aromatic N) is 1. The molecule has 0 aromatic heterocycles. The summed E-state index contributed by atoms with van der Waals surface area (Å²) in [6.07, 6.45) is 0. The maximum absolute atomic E-state index is 10.4. The van der Waals surface area contributed by atoms with Gasteiger partial charge >= 0.3 is 5.97 Å². The van der Waals surface area contributed by atoms with Gasteiger partial charge in [0.05, 0.1) is 0 Å². The van der Waals surface area contributed by atoms with E-state index >= 15 is 0 Å². The SMILES string of the molecule is C[C@@H](SC(=S)N(C)C)C(=O)O. The van der Waals surface area contributed by atoms with E-state index in [0.29, 0.717) is 4.32 Å². The molecule has 0 fully saturated rings. The lowest BCUT2D eigenvalue weighted by molar-refractivity contribution is -0.136. The van der Waals surface area contributed by atoms with Crippen LogP contribution in [-0.4, -0.2) is 39.6 Å². The molecule has 0 aromatic rings. The van der Waals surface area contributed by atoms with Crippen molar-refractivity contribution in [1.82, 2.24) is 4.90 Å². The highest BCUT2D eigenvalue weighted by Gasteiger charge is 2.14. The maximum atomic E-state index is 10.4. The molecule has 0 rings (SSSR count). The number of hydrogen-bond donors (Lipinski definition) is 1. The van der Waals surface area contributed by atoms with Gasteiger partial charge in [-0.1, -0.05) is 24.0 Å². The topological polar surface area (TPSA) is 40.5 Å². The van der Waals surface area contributed by atoms with Crippen molar-refractivity contribution < 1.29 is 9.90 Å². The molecule has 0 aliphatic heterocycles. The molecule has 1 atom stereocenters. The molecule has 0 aliphatic rings. The Morgan fingerprint density at radius 3 is 2.36 bits per heavy atom. The number of carbonyl (C=O) groups is 1. The van der Waals surface area contributed by atoms with Crippen LogP contribution in [0.15, 0.2) is 0 Å². The van der Waals surface area contributed by atoms with Crippen LogP contribution >= 0.6 is 24.0 Å². The Bertz CT molecular complexity index is 170. The molecule has 0 saturated heterocycles. The fraction of sp³-hybridized carbons (Fsp3) is 0.667. The van der Waals surface area contributed by atoms with E-state index in [1.54, 1.807) is 25.9 Å². The van der Waals surface area contributed by atoms with Crippen molar-refractivity contribution in [1.29, 1.82) is 0 Å². The maximum Gasteiger partial charge on any atom is 0.316 e. The summed E-state index contributed by atoms with van der Waals surface area (Å²) >= 11 is 6.07. The van der Waals surface area contributed by atoms with Crippen LogP contribution in [0.5, 0.6) is 0 Å². The summed E-state index contributed by atoms with van der Waals surface area (Å²) in [6, 6.07) is 0. The lowest BCUT2D eigenvalue weighted by Gasteiger charge is -2.14. The third-order valence-corrected chi connectivity index (χ3v) is 2.77. The van der Waals surface area contributed by atoms with Gasteiger partial charge in [0.25, 0.3) is 0 Å². The minimum absolute atomic E-state index is 0.468. The summed E-state index contributed by atoms with van der Waals surface area (Å²) in [5, 5.41) is 8.05. The van der Waals surface area contributed by atoms with Gasteiger partial charge in [0, 0.05) is 14.1 Å². The Morgan fingerprint density at radius 1 is 1.64 bits per heavy atom. The number of thioether (sulfide) groups is 1. The molecule has 0 unspecified atom stereocenters. The molecule has 0 heterocycles. The quantitative estimate of drug-likeness (QED) is 0.664. The molecule has 0 aliphatic carbocycles. The summed E-state index contributed by atoms with van der Waals surface area (Å²) in [5.74, 6) is -0.834. The summed E-state index contributed by atoms with van der Waals surface area (Å²) < 4.78 is 0.597. The second-order valence-electron chi connectivity index (χ2n) is 2.26. The number of thiocarbonyl (C=S) groups is 1. The lowest BCUT2D eigenvalue weighted by Crippen LogP contribution is -2.22. The Kier molecular flexibility index (Phi) is 4.44. The summed E-state index contributed by atoms with van der Waals surface area (Å²) in [6.45, 7) is 1.61. The van der Waals surface area contributed by atoms with Crippen LogP contribution in [0.1, 0.15) is 6.92 Å². The Hall–Kier alpha value is -0.290. The van der Waals surface area contributed by atoms with Crippen molar-refractivity contribution in [3.05, 3.63) is 0 Å². The standard InChI is InChI=1S/C6H11NO2S2/c1-4(5(8)9)11-6(10)7(2)3/h4H,1-3H3,(H,8,9)/t4-/m1/s1. The number of hydrogen-bond acceptors (Lipinski definition) is 3. The molecule has 11 heavy (non-hydrogen) atoms. The van der Waals surface area contributed by atoms with E-state index in [0.717, 1.165) is 0 Å². The van der Waals surface area contributed by atoms with E-state index < -0.39 is 11.2 Å². The van der Waals surface area contributed by atoms with E-state index in [9.17, 15) is 4.79 Å². The summed E-state index contributed by atoms with van der Waals surface area (Å²) in [4.78, 5) is 12.1. The van der Waals surface area contributed by atoms with Gasteiger partial charge in [-0.05, 0) is 6.92 Å². The zero-order valence-electron chi connectivity index (χ0n) is 6.70. The van der Waals surface area contributed by atoms with Crippen LogP contribution in [0, 0.1) is 0 Å². The predicted octanol–water partition coefficient (Wildman–Crippen LogP) is 1.04. The Morgan fingerprint density at radius 2 is 2.09 bits per heavy atom. The van der Waals surface area contributed by atoms with Gasteiger partial charge in [-0.25, -0.2) is 0 Å². The second kappa shape index (κ2) is 4.56. The van der Waals surface area contributed by atoms with Gasteiger partial charge in [-0.3, -0.25) is 4.79 Å². The molecular weight excluding hydrogens is 182 g/mol. The first-order valence-corrected chi connectivity index (χ1v) is 4.34. The molecule has 0 spiro atoms. The molecule has 1 N–H and O–H groups in total. The van der Waals surface area contributed by atoms with Gasteiger partial charge in [0.15, 0.2) is 0 Å². The lowest BCUT2D eigenvalue weighted by atomic mass is 10.5. The predicted molar refractivity (Wildman–Crippen MR) is 51.0 cm³/mol. The molecule has 0 bridgehead atoms. The van der Waals surface area contributed by atoms with Gasteiger partial charge in [0.1, 0.15) is 9.57 Å². The van der Waals surface area contributed by atoms with E-state index in [-0.39, 0.29) is 0 Å². The molecule has 3 nitrogen and oxygen atoms in total. The van der Waals surface area contributed by atoms with Crippen LogP contribution in [0.2, 0.25) is 0 Å².